The van der Waals surface area contributed by atoms with Crippen LogP contribution in [0.2, 0.25) is 0 Å². The van der Waals surface area contributed by atoms with E-state index in [1.165, 1.54) is 0 Å². The Bertz CT molecular complexity index is 1050. The Morgan fingerprint density at radius 2 is 1.96 bits per heavy atom. The molecule has 1 N–H and O–H groups in total. The number of para-hydroxylation sites is 1. The van der Waals surface area contributed by atoms with E-state index in [-0.39, 0.29) is 5.91 Å². The summed E-state index contributed by atoms with van der Waals surface area (Å²) in [5, 5.41) is 1.10. The summed E-state index contributed by atoms with van der Waals surface area (Å²) in [6.45, 7) is 3.09. The molecule has 0 aliphatic heterocycles. The number of H-pyrrole nitrogens is 1. The summed E-state index contributed by atoms with van der Waals surface area (Å²) < 4.78 is 0. The minimum absolute atomic E-state index is 0.00559. The standard InChI is InChI=1S/C20H18N4O/c1-2-24(12-16-9-7-14-5-3-4-6-17(14)23-16)20(25)15-8-10-18-19(11-15)22-13-21-18/h3-11,13H,2,12H2,1H3,(H,21,22). The van der Waals surface area contributed by atoms with Crippen molar-refractivity contribution in [3.05, 3.63) is 72.2 Å². The average molecular weight is 330 g/mol. The molecule has 0 saturated heterocycles. The van der Waals surface area contributed by atoms with E-state index in [0.29, 0.717) is 18.7 Å². The van der Waals surface area contributed by atoms with Crippen LogP contribution < -0.4 is 0 Å². The zero-order chi connectivity index (χ0) is 17.2. The van der Waals surface area contributed by atoms with Crippen molar-refractivity contribution in [2.24, 2.45) is 0 Å². The Kier molecular flexibility index (Phi) is 3.90. The molecule has 5 nitrogen and oxygen atoms in total. The predicted molar refractivity (Wildman–Crippen MR) is 98.3 cm³/mol. The lowest BCUT2D eigenvalue weighted by atomic mass is 10.1. The summed E-state index contributed by atoms with van der Waals surface area (Å²) in [6, 6.07) is 17.6. The highest BCUT2D eigenvalue weighted by molar-refractivity contribution is 5.97. The second kappa shape index (κ2) is 6.36. The Hall–Kier alpha value is -3.21. The predicted octanol–water partition coefficient (Wildman–Crippen LogP) is 3.77. The molecule has 0 radical (unpaired) electrons. The summed E-state index contributed by atoms with van der Waals surface area (Å²) in [6.07, 6.45) is 1.63. The molecule has 0 atom stereocenters. The van der Waals surface area contributed by atoms with Gasteiger partial charge < -0.3 is 9.88 Å². The lowest BCUT2D eigenvalue weighted by Crippen LogP contribution is -2.30. The lowest BCUT2D eigenvalue weighted by molar-refractivity contribution is 0.0751. The number of nitrogens with one attached hydrogen (secondary N) is 1. The average Bonchev–Trinajstić information content (AvgIpc) is 3.13. The molecule has 0 bridgehead atoms. The first-order valence-corrected chi connectivity index (χ1v) is 8.31. The van der Waals surface area contributed by atoms with E-state index in [9.17, 15) is 4.79 Å². The molecule has 2 heterocycles. The number of carbonyl (C=O) groups is 1. The van der Waals surface area contributed by atoms with Gasteiger partial charge in [0.15, 0.2) is 0 Å². The molecule has 0 spiro atoms. The summed E-state index contributed by atoms with van der Waals surface area (Å²) in [7, 11) is 0. The Morgan fingerprint density at radius 3 is 2.84 bits per heavy atom. The van der Waals surface area contributed by atoms with Gasteiger partial charge in [0.05, 0.1) is 35.1 Å². The molecule has 2 aromatic heterocycles. The van der Waals surface area contributed by atoms with E-state index in [1.807, 2.05) is 61.5 Å². The highest BCUT2D eigenvalue weighted by atomic mass is 16.2. The first-order chi connectivity index (χ1) is 12.2. The van der Waals surface area contributed by atoms with Crippen LogP contribution in [0.1, 0.15) is 23.0 Å². The minimum Gasteiger partial charge on any atom is -0.345 e. The quantitative estimate of drug-likeness (QED) is 0.619. The number of benzene rings is 2. The largest absolute Gasteiger partial charge is 0.345 e. The Labute approximate surface area is 145 Å². The third-order valence-electron chi connectivity index (χ3n) is 4.35. The van der Waals surface area contributed by atoms with E-state index in [4.69, 9.17) is 0 Å². The Morgan fingerprint density at radius 1 is 1.08 bits per heavy atom. The van der Waals surface area contributed by atoms with Gasteiger partial charge in [-0.15, -0.1) is 0 Å². The number of fused-ring (bicyclic) bond motifs is 2. The summed E-state index contributed by atoms with van der Waals surface area (Å²) in [5.74, 6) is -0.00559. The third-order valence-corrected chi connectivity index (χ3v) is 4.35. The summed E-state index contributed by atoms with van der Waals surface area (Å²) in [5.41, 5.74) is 4.21. The fraction of sp³-hybridized carbons (Fsp3) is 0.150. The Balaban J connectivity index is 1.60. The van der Waals surface area contributed by atoms with Crippen molar-refractivity contribution in [2.45, 2.75) is 13.5 Å². The molecular weight excluding hydrogens is 312 g/mol. The lowest BCUT2D eigenvalue weighted by Gasteiger charge is -2.20. The highest BCUT2D eigenvalue weighted by Crippen LogP contribution is 2.16. The number of pyridine rings is 1. The number of hydrogen-bond acceptors (Lipinski definition) is 3. The fourth-order valence-corrected chi connectivity index (χ4v) is 2.97. The van der Waals surface area contributed by atoms with E-state index >= 15 is 0 Å². The number of rotatable bonds is 4. The molecule has 5 heteroatoms. The third kappa shape index (κ3) is 2.96. The van der Waals surface area contributed by atoms with Crippen molar-refractivity contribution in [3.8, 4) is 0 Å². The zero-order valence-corrected chi connectivity index (χ0v) is 13.9. The molecular formula is C20H18N4O. The first kappa shape index (κ1) is 15.3. The second-order valence-electron chi connectivity index (χ2n) is 5.95. The summed E-state index contributed by atoms with van der Waals surface area (Å²) in [4.78, 5) is 26.6. The van der Waals surface area contributed by atoms with Crippen LogP contribution in [0.3, 0.4) is 0 Å². The second-order valence-corrected chi connectivity index (χ2v) is 5.95. The molecule has 2 aromatic carbocycles. The molecule has 0 aliphatic carbocycles. The van der Waals surface area contributed by atoms with Gasteiger partial charge in [0.1, 0.15) is 0 Å². The van der Waals surface area contributed by atoms with E-state index < -0.39 is 0 Å². The normalized spacial score (nSPS) is 11.1. The van der Waals surface area contributed by atoms with Crippen LogP contribution in [0.4, 0.5) is 0 Å². The molecule has 25 heavy (non-hydrogen) atoms. The van der Waals surface area contributed by atoms with Crippen LogP contribution >= 0.6 is 0 Å². The molecule has 0 aliphatic rings. The van der Waals surface area contributed by atoms with Gasteiger partial charge >= 0.3 is 0 Å². The minimum atomic E-state index is -0.00559. The monoisotopic (exact) mass is 330 g/mol. The maximum absolute atomic E-state index is 12.9. The van der Waals surface area contributed by atoms with Crippen molar-refractivity contribution >= 4 is 27.8 Å². The number of imidazole rings is 1. The maximum Gasteiger partial charge on any atom is 0.254 e. The zero-order valence-electron chi connectivity index (χ0n) is 13.9. The molecule has 1 amide bonds. The van der Waals surface area contributed by atoms with Crippen LogP contribution in [0.15, 0.2) is 60.9 Å². The molecule has 0 unspecified atom stereocenters. The van der Waals surface area contributed by atoms with Gasteiger partial charge in [0, 0.05) is 17.5 Å². The van der Waals surface area contributed by atoms with Gasteiger partial charge in [-0.1, -0.05) is 24.3 Å². The van der Waals surface area contributed by atoms with Crippen LogP contribution in [0.25, 0.3) is 21.9 Å². The molecule has 4 rings (SSSR count). The van der Waals surface area contributed by atoms with Gasteiger partial charge in [-0.2, -0.15) is 0 Å². The molecule has 0 fully saturated rings. The van der Waals surface area contributed by atoms with Crippen molar-refractivity contribution in [3.63, 3.8) is 0 Å². The van der Waals surface area contributed by atoms with Gasteiger partial charge in [-0.05, 0) is 37.3 Å². The number of nitrogens with zero attached hydrogens (tertiary/aromatic N) is 3. The van der Waals surface area contributed by atoms with Crippen molar-refractivity contribution in [1.82, 2.24) is 19.9 Å². The highest BCUT2D eigenvalue weighted by Gasteiger charge is 2.16. The van der Waals surface area contributed by atoms with Crippen LogP contribution in [0, 0.1) is 0 Å². The van der Waals surface area contributed by atoms with E-state index in [1.54, 1.807) is 11.2 Å². The number of carbonyl (C=O) groups excluding carboxylic acids is 1. The molecule has 0 saturated carbocycles. The van der Waals surface area contributed by atoms with E-state index in [0.717, 1.165) is 27.6 Å². The van der Waals surface area contributed by atoms with Gasteiger partial charge in [-0.3, -0.25) is 9.78 Å². The number of aromatic nitrogens is 3. The van der Waals surface area contributed by atoms with E-state index in [2.05, 4.69) is 15.0 Å². The van der Waals surface area contributed by atoms with Crippen molar-refractivity contribution in [1.29, 1.82) is 0 Å². The number of hydrogen-bond donors (Lipinski definition) is 1. The van der Waals surface area contributed by atoms with Crippen LogP contribution in [-0.2, 0) is 6.54 Å². The van der Waals surface area contributed by atoms with Crippen LogP contribution in [-0.4, -0.2) is 32.3 Å². The fourth-order valence-electron chi connectivity index (χ4n) is 2.97. The number of amides is 1. The first-order valence-electron chi connectivity index (χ1n) is 8.31. The smallest absolute Gasteiger partial charge is 0.254 e. The number of aromatic amines is 1. The van der Waals surface area contributed by atoms with Gasteiger partial charge in [-0.25, -0.2) is 4.98 Å². The van der Waals surface area contributed by atoms with Crippen molar-refractivity contribution < 1.29 is 4.79 Å². The maximum atomic E-state index is 12.9. The molecule has 124 valence electrons. The van der Waals surface area contributed by atoms with Gasteiger partial charge in [0.25, 0.3) is 5.91 Å². The topological polar surface area (TPSA) is 61.9 Å². The van der Waals surface area contributed by atoms with Crippen LogP contribution in [0.5, 0.6) is 0 Å². The SMILES string of the molecule is CCN(Cc1ccc2ccccc2n1)C(=O)c1ccc2nc[nH]c2c1. The van der Waals surface area contributed by atoms with Gasteiger partial charge in [0.2, 0.25) is 0 Å². The van der Waals surface area contributed by atoms with Crippen molar-refractivity contribution in [2.75, 3.05) is 6.54 Å². The summed E-state index contributed by atoms with van der Waals surface area (Å²) >= 11 is 0. The molecule has 4 aromatic rings.